The summed E-state index contributed by atoms with van der Waals surface area (Å²) in [5.74, 6) is -0.345. The summed E-state index contributed by atoms with van der Waals surface area (Å²) in [5.41, 5.74) is 3.58. The number of esters is 1. The number of aryl methyl sites for hydroxylation is 1. The Hall–Kier alpha value is -1.98. The highest BCUT2D eigenvalue weighted by Crippen LogP contribution is 2.24. The number of nitrogens with zero attached hydrogens (tertiary/aromatic N) is 1. The van der Waals surface area contributed by atoms with Gasteiger partial charge in [0.15, 0.2) is 0 Å². The van der Waals surface area contributed by atoms with E-state index in [1.54, 1.807) is 23.5 Å². The quantitative estimate of drug-likeness (QED) is 0.574. The van der Waals surface area contributed by atoms with Crippen LogP contribution in [0.2, 0.25) is 0 Å². The normalized spacial score (nSPS) is 10.5. The molecule has 0 saturated heterocycles. The van der Waals surface area contributed by atoms with Crippen LogP contribution in [-0.2, 0) is 11.3 Å². The van der Waals surface area contributed by atoms with Crippen LogP contribution < -0.4 is 0 Å². The topological polar surface area (TPSA) is 39.2 Å². The van der Waals surface area contributed by atoms with Crippen molar-refractivity contribution in [3.8, 4) is 10.6 Å². The molecule has 1 aromatic heterocycles. The minimum absolute atomic E-state index is 0.178. The number of thiazole rings is 1. The molecule has 3 rings (SSSR count). The van der Waals surface area contributed by atoms with Crippen molar-refractivity contribution in [3.63, 3.8) is 0 Å². The minimum atomic E-state index is -0.345. The fourth-order valence-corrected chi connectivity index (χ4v) is 3.09. The summed E-state index contributed by atoms with van der Waals surface area (Å²) in [7, 11) is 0. The zero-order valence-corrected chi connectivity index (χ0v) is 14.9. The monoisotopic (exact) mass is 387 g/mol. The lowest BCUT2D eigenvalue weighted by Crippen LogP contribution is -2.05. The van der Waals surface area contributed by atoms with Gasteiger partial charge >= 0.3 is 5.97 Å². The van der Waals surface area contributed by atoms with Gasteiger partial charge in [0.25, 0.3) is 0 Å². The van der Waals surface area contributed by atoms with Crippen LogP contribution >= 0.6 is 27.3 Å². The number of carbonyl (C=O) groups excluding carboxylic acids is 1. The second kappa shape index (κ2) is 7.06. The molecule has 0 aliphatic carbocycles. The smallest absolute Gasteiger partial charge is 0.338 e. The summed E-state index contributed by atoms with van der Waals surface area (Å²) in [4.78, 5) is 16.5. The van der Waals surface area contributed by atoms with E-state index >= 15 is 0 Å². The number of aromatic nitrogens is 1. The van der Waals surface area contributed by atoms with Crippen LogP contribution in [0.25, 0.3) is 10.6 Å². The SMILES string of the molecule is Cc1ccc(-c2nc(COC(=O)c3ccc(Br)cc3)cs2)cc1. The van der Waals surface area contributed by atoms with Gasteiger partial charge in [-0.25, -0.2) is 9.78 Å². The third kappa shape index (κ3) is 4.06. The molecule has 3 nitrogen and oxygen atoms in total. The Morgan fingerprint density at radius 2 is 1.83 bits per heavy atom. The largest absolute Gasteiger partial charge is 0.456 e. The molecule has 0 saturated carbocycles. The van der Waals surface area contributed by atoms with Gasteiger partial charge in [0.2, 0.25) is 0 Å². The molecule has 116 valence electrons. The highest BCUT2D eigenvalue weighted by molar-refractivity contribution is 9.10. The number of ether oxygens (including phenoxy) is 1. The van der Waals surface area contributed by atoms with E-state index in [4.69, 9.17) is 4.74 Å². The first-order valence-electron chi connectivity index (χ1n) is 7.06. The minimum Gasteiger partial charge on any atom is -0.456 e. The van der Waals surface area contributed by atoms with Gasteiger partial charge in [0.05, 0.1) is 11.3 Å². The maximum atomic E-state index is 12.0. The number of halogens is 1. The molecule has 3 aromatic rings. The van der Waals surface area contributed by atoms with Crippen LogP contribution in [0.1, 0.15) is 21.6 Å². The summed E-state index contributed by atoms with van der Waals surface area (Å²) in [6.07, 6.45) is 0. The predicted molar refractivity (Wildman–Crippen MR) is 95.5 cm³/mol. The Kier molecular flexibility index (Phi) is 4.88. The first kappa shape index (κ1) is 15.9. The summed E-state index contributed by atoms with van der Waals surface area (Å²) < 4.78 is 6.24. The molecule has 0 atom stereocenters. The van der Waals surface area contributed by atoms with Crippen molar-refractivity contribution in [1.82, 2.24) is 4.98 Å². The third-order valence-corrected chi connectivity index (χ3v) is 4.75. The molecule has 0 fully saturated rings. The van der Waals surface area contributed by atoms with Crippen LogP contribution in [0.3, 0.4) is 0 Å². The van der Waals surface area contributed by atoms with Gasteiger partial charge in [-0.05, 0) is 31.2 Å². The van der Waals surface area contributed by atoms with Gasteiger partial charge in [0, 0.05) is 15.4 Å². The van der Waals surface area contributed by atoms with Crippen LogP contribution in [0, 0.1) is 6.92 Å². The highest BCUT2D eigenvalue weighted by atomic mass is 79.9. The van der Waals surface area contributed by atoms with Crippen molar-refractivity contribution in [2.24, 2.45) is 0 Å². The highest BCUT2D eigenvalue weighted by Gasteiger charge is 2.10. The van der Waals surface area contributed by atoms with Crippen LogP contribution in [0.4, 0.5) is 0 Å². The van der Waals surface area contributed by atoms with Crippen LogP contribution in [-0.4, -0.2) is 11.0 Å². The summed E-state index contributed by atoms with van der Waals surface area (Å²) in [6, 6.07) is 15.3. The average molecular weight is 388 g/mol. The number of benzene rings is 2. The molecule has 0 aliphatic heterocycles. The Morgan fingerprint density at radius 3 is 2.52 bits per heavy atom. The van der Waals surface area contributed by atoms with Gasteiger partial charge in [0.1, 0.15) is 11.6 Å². The number of rotatable bonds is 4. The first-order valence-corrected chi connectivity index (χ1v) is 8.73. The summed E-state index contributed by atoms with van der Waals surface area (Å²) in [6.45, 7) is 2.23. The molecular weight excluding hydrogens is 374 g/mol. The number of hydrogen-bond donors (Lipinski definition) is 0. The molecule has 0 N–H and O–H groups in total. The van der Waals surface area contributed by atoms with E-state index in [1.807, 2.05) is 29.6 Å². The maximum absolute atomic E-state index is 12.0. The molecule has 0 radical (unpaired) electrons. The van der Waals surface area contributed by atoms with Crippen LogP contribution in [0.5, 0.6) is 0 Å². The fraction of sp³-hybridized carbons (Fsp3) is 0.111. The molecule has 0 spiro atoms. The molecule has 2 aromatic carbocycles. The molecule has 0 unspecified atom stereocenters. The lowest BCUT2D eigenvalue weighted by Gasteiger charge is -2.03. The Labute approximate surface area is 147 Å². The van der Waals surface area contributed by atoms with Crippen molar-refractivity contribution in [1.29, 1.82) is 0 Å². The summed E-state index contributed by atoms with van der Waals surface area (Å²) >= 11 is 4.89. The van der Waals surface area contributed by atoms with E-state index in [0.29, 0.717) is 5.56 Å². The molecule has 1 heterocycles. The second-order valence-electron chi connectivity index (χ2n) is 5.09. The van der Waals surface area contributed by atoms with Gasteiger partial charge in [-0.15, -0.1) is 11.3 Å². The number of hydrogen-bond acceptors (Lipinski definition) is 4. The lowest BCUT2D eigenvalue weighted by atomic mass is 10.2. The molecule has 23 heavy (non-hydrogen) atoms. The molecule has 0 aliphatic rings. The zero-order valence-electron chi connectivity index (χ0n) is 12.5. The zero-order chi connectivity index (χ0) is 16.2. The average Bonchev–Trinajstić information content (AvgIpc) is 3.03. The van der Waals surface area contributed by atoms with E-state index in [1.165, 1.54) is 5.56 Å². The first-order chi connectivity index (χ1) is 11.1. The molecule has 0 bridgehead atoms. The second-order valence-corrected chi connectivity index (χ2v) is 6.87. The molecule has 0 amide bonds. The van der Waals surface area contributed by atoms with Crippen molar-refractivity contribution in [2.45, 2.75) is 13.5 Å². The van der Waals surface area contributed by atoms with Crippen molar-refractivity contribution < 1.29 is 9.53 Å². The van der Waals surface area contributed by atoms with Crippen molar-refractivity contribution in [2.75, 3.05) is 0 Å². The fourth-order valence-electron chi connectivity index (χ4n) is 2.01. The molecular formula is C18H14BrNO2S. The van der Waals surface area contributed by atoms with E-state index in [0.717, 1.165) is 20.7 Å². The third-order valence-electron chi connectivity index (χ3n) is 3.28. The Bertz CT molecular complexity index is 810. The van der Waals surface area contributed by atoms with E-state index in [9.17, 15) is 4.79 Å². The summed E-state index contributed by atoms with van der Waals surface area (Å²) in [5, 5.41) is 2.85. The van der Waals surface area contributed by atoms with Crippen molar-refractivity contribution >= 4 is 33.2 Å². The predicted octanol–water partition coefficient (Wildman–Crippen LogP) is 5.24. The van der Waals surface area contributed by atoms with E-state index in [-0.39, 0.29) is 12.6 Å². The molecule has 5 heteroatoms. The van der Waals surface area contributed by atoms with Crippen LogP contribution in [0.15, 0.2) is 58.4 Å². The maximum Gasteiger partial charge on any atom is 0.338 e. The van der Waals surface area contributed by atoms with Gasteiger partial charge in [-0.1, -0.05) is 45.8 Å². The lowest BCUT2D eigenvalue weighted by molar-refractivity contribution is 0.0468. The van der Waals surface area contributed by atoms with Crippen molar-refractivity contribution in [3.05, 3.63) is 75.2 Å². The van der Waals surface area contributed by atoms with Gasteiger partial charge in [-0.2, -0.15) is 0 Å². The van der Waals surface area contributed by atoms with E-state index < -0.39 is 0 Å². The number of carbonyl (C=O) groups is 1. The Morgan fingerprint density at radius 1 is 1.13 bits per heavy atom. The standard InChI is InChI=1S/C18H14BrNO2S/c1-12-2-4-13(5-3-12)17-20-16(11-23-17)10-22-18(21)14-6-8-15(19)9-7-14/h2-9,11H,10H2,1H3. The van der Waals surface area contributed by atoms with Gasteiger partial charge < -0.3 is 4.74 Å². The Balaban J connectivity index is 1.64. The van der Waals surface area contributed by atoms with E-state index in [2.05, 4.69) is 40.0 Å². The van der Waals surface area contributed by atoms with Gasteiger partial charge in [-0.3, -0.25) is 0 Å².